The van der Waals surface area contributed by atoms with Gasteiger partial charge in [-0.25, -0.2) is 0 Å². The molecule has 1 aromatic carbocycles. The van der Waals surface area contributed by atoms with Gasteiger partial charge in [-0.1, -0.05) is 31.9 Å². The topological polar surface area (TPSA) is 75.7 Å². The molecule has 6 nitrogen and oxygen atoms in total. The zero-order valence-corrected chi connectivity index (χ0v) is 15.2. The van der Waals surface area contributed by atoms with Crippen molar-refractivity contribution in [1.29, 1.82) is 0 Å². The molecule has 1 fully saturated rings. The first-order chi connectivity index (χ1) is 12.6. The van der Waals surface area contributed by atoms with Crippen LogP contribution in [0.4, 0.5) is 0 Å². The molecule has 2 unspecified atom stereocenters. The highest BCUT2D eigenvalue weighted by atomic mass is 16.5. The fraction of sp³-hybridized carbons (Fsp3) is 0.550. The van der Waals surface area contributed by atoms with E-state index < -0.39 is 0 Å². The minimum atomic E-state index is -0.326. The molecule has 140 valence electrons. The number of nitrogens with one attached hydrogen (secondary N) is 1. The lowest BCUT2D eigenvalue weighted by Crippen LogP contribution is -2.36. The number of hydrogen-bond acceptors (Lipinski definition) is 4. The summed E-state index contributed by atoms with van der Waals surface area (Å²) in [6.07, 6.45) is 5.17. The zero-order valence-electron chi connectivity index (χ0n) is 15.2. The number of carbonyl (C=O) groups is 3. The van der Waals surface area contributed by atoms with Crippen molar-refractivity contribution in [3.05, 3.63) is 35.4 Å². The van der Waals surface area contributed by atoms with Crippen LogP contribution >= 0.6 is 0 Å². The Morgan fingerprint density at radius 1 is 1.15 bits per heavy atom. The molecule has 0 aromatic heterocycles. The fourth-order valence-corrected chi connectivity index (χ4v) is 3.67. The summed E-state index contributed by atoms with van der Waals surface area (Å²) in [6.45, 7) is 3.25. The van der Waals surface area contributed by atoms with Crippen LogP contribution in [-0.2, 0) is 9.53 Å². The van der Waals surface area contributed by atoms with Gasteiger partial charge in [0.25, 0.3) is 11.8 Å². The van der Waals surface area contributed by atoms with E-state index in [0.29, 0.717) is 36.3 Å². The molecule has 6 heteroatoms. The van der Waals surface area contributed by atoms with Gasteiger partial charge in [-0.2, -0.15) is 0 Å². The second kappa shape index (κ2) is 8.45. The summed E-state index contributed by atoms with van der Waals surface area (Å²) in [5.41, 5.74) is 0.820. The molecule has 1 aromatic rings. The van der Waals surface area contributed by atoms with Gasteiger partial charge in [-0.05, 0) is 30.9 Å². The van der Waals surface area contributed by atoms with Gasteiger partial charge in [0.05, 0.1) is 23.8 Å². The number of carbonyl (C=O) groups excluding carboxylic acids is 3. The second-order valence-corrected chi connectivity index (χ2v) is 7.08. The van der Waals surface area contributed by atoms with Gasteiger partial charge in [0, 0.05) is 19.5 Å². The molecule has 2 atom stereocenters. The maximum Gasteiger partial charge on any atom is 0.261 e. The van der Waals surface area contributed by atoms with Crippen molar-refractivity contribution in [2.75, 3.05) is 19.7 Å². The molecule has 3 amide bonds. The number of amides is 3. The highest BCUT2D eigenvalue weighted by Crippen LogP contribution is 2.26. The standard InChI is InChI=1S/C20H26N2O4/c1-14-6-2-5-9-17(14)26-13-11-21-18(23)10-12-22-19(24)15-7-3-4-8-16(15)20(22)25/h3-4,7-8,14,17H,2,5-6,9-13H2,1H3,(H,21,23). The van der Waals surface area contributed by atoms with Gasteiger partial charge in [-0.15, -0.1) is 0 Å². The lowest BCUT2D eigenvalue weighted by atomic mass is 9.88. The molecule has 2 aliphatic rings. The van der Waals surface area contributed by atoms with Crippen molar-refractivity contribution >= 4 is 17.7 Å². The molecule has 1 N–H and O–H groups in total. The largest absolute Gasteiger partial charge is 0.376 e. The Hall–Kier alpha value is -2.21. The SMILES string of the molecule is CC1CCCCC1OCCNC(=O)CCN1C(=O)c2ccccc2C1=O. The number of benzene rings is 1. The molecule has 0 bridgehead atoms. The van der Waals surface area contributed by atoms with Crippen LogP contribution in [0.25, 0.3) is 0 Å². The van der Waals surface area contributed by atoms with E-state index in [1.54, 1.807) is 24.3 Å². The van der Waals surface area contributed by atoms with E-state index in [1.165, 1.54) is 19.3 Å². The van der Waals surface area contributed by atoms with Crippen LogP contribution in [0, 0.1) is 5.92 Å². The summed E-state index contributed by atoms with van der Waals surface area (Å²) in [7, 11) is 0. The van der Waals surface area contributed by atoms with Gasteiger partial charge in [0.1, 0.15) is 0 Å². The lowest BCUT2D eigenvalue weighted by molar-refractivity contribution is -0.121. The molecule has 1 aliphatic heterocycles. The average molecular weight is 358 g/mol. The molecule has 0 radical (unpaired) electrons. The smallest absolute Gasteiger partial charge is 0.261 e. The number of fused-ring (bicyclic) bond motifs is 1. The third-order valence-electron chi connectivity index (χ3n) is 5.23. The summed E-state index contributed by atoms with van der Waals surface area (Å²) in [5.74, 6) is -0.254. The van der Waals surface area contributed by atoms with E-state index in [4.69, 9.17) is 4.74 Å². The van der Waals surface area contributed by atoms with E-state index >= 15 is 0 Å². The molecule has 1 aliphatic carbocycles. The van der Waals surface area contributed by atoms with Crippen LogP contribution in [0.2, 0.25) is 0 Å². The zero-order chi connectivity index (χ0) is 18.5. The van der Waals surface area contributed by atoms with Gasteiger partial charge in [-0.3, -0.25) is 19.3 Å². The normalized spacial score (nSPS) is 22.4. The average Bonchev–Trinajstić information content (AvgIpc) is 2.89. The van der Waals surface area contributed by atoms with Crippen LogP contribution in [0.5, 0.6) is 0 Å². The summed E-state index contributed by atoms with van der Waals surface area (Å²) in [6, 6.07) is 6.74. The maximum absolute atomic E-state index is 12.2. The quantitative estimate of drug-likeness (QED) is 0.600. The highest BCUT2D eigenvalue weighted by Gasteiger charge is 2.34. The van der Waals surface area contributed by atoms with Crippen LogP contribution in [0.1, 0.15) is 59.7 Å². The van der Waals surface area contributed by atoms with Crippen molar-refractivity contribution in [3.63, 3.8) is 0 Å². The fourth-order valence-electron chi connectivity index (χ4n) is 3.67. The summed E-state index contributed by atoms with van der Waals surface area (Å²) in [5, 5.41) is 2.80. The number of ether oxygens (including phenoxy) is 1. The Bertz CT molecular complexity index is 653. The highest BCUT2D eigenvalue weighted by molar-refractivity contribution is 6.21. The monoisotopic (exact) mass is 358 g/mol. The van der Waals surface area contributed by atoms with E-state index in [2.05, 4.69) is 12.2 Å². The van der Waals surface area contributed by atoms with Crippen LogP contribution in [-0.4, -0.2) is 48.4 Å². The molecular weight excluding hydrogens is 332 g/mol. The number of rotatable bonds is 7. The Morgan fingerprint density at radius 2 is 1.81 bits per heavy atom. The number of hydrogen-bond donors (Lipinski definition) is 1. The molecule has 3 rings (SSSR count). The van der Waals surface area contributed by atoms with Crippen LogP contribution < -0.4 is 5.32 Å². The molecule has 1 saturated carbocycles. The first kappa shape index (κ1) is 18.6. The molecule has 0 spiro atoms. The first-order valence-corrected chi connectivity index (χ1v) is 9.41. The van der Waals surface area contributed by atoms with Gasteiger partial charge in [0.15, 0.2) is 0 Å². The van der Waals surface area contributed by atoms with Crippen LogP contribution in [0.15, 0.2) is 24.3 Å². The predicted octanol–water partition coefficient (Wildman–Crippen LogP) is 2.38. The molecule has 26 heavy (non-hydrogen) atoms. The molecular formula is C20H26N2O4. The second-order valence-electron chi connectivity index (χ2n) is 7.08. The molecule has 1 heterocycles. The minimum absolute atomic E-state index is 0.0959. The van der Waals surface area contributed by atoms with Crippen molar-refractivity contribution in [2.45, 2.75) is 45.1 Å². The van der Waals surface area contributed by atoms with E-state index in [-0.39, 0.29) is 30.7 Å². The Labute approximate surface area is 153 Å². The van der Waals surface area contributed by atoms with Crippen LogP contribution in [0.3, 0.4) is 0 Å². The van der Waals surface area contributed by atoms with Gasteiger partial charge >= 0.3 is 0 Å². The predicted molar refractivity (Wildman–Crippen MR) is 96.8 cm³/mol. The summed E-state index contributed by atoms with van der Waals surface area (Å²) < 4.78 is 5.87. The summed E-state index contributed by atoms with van der Waals surface area (Å²) in [4.78, 5) is 37.6. The van der Waals surface area contributed by atoms with Crippen molar-refractivity contribution in [3.8, 4) is 0 Å². The number of nitrogens with zero attached hydrogens (tertiary/aromatic N) is 1. The number of imide groups is 1. The lowest BCUT2D eigenvalue weighted by Gasteiger charge is -2.28. The van der Waals surface area contributed by atoms with Crippen molar-refractivity contribution in [1.82, 2.24) is 10.2 Å². The third kappa shape index (κ3) is 4.12. The van der Waals surface area contributed by atoms with Crippen molar-refractivity contribution in [2.24, 2.45) is 5.92 Å². The summed E-state index contributed by atoms with van der Waals surface area (Å²) >= 11 is 0. The van der Waals surface area contributed by atoms with Gasteiger partial charge < -0.3 is 10.1 Å². The van der Waals surface area contributed by atoms with Gasteiger partial charge in [0.2, 0.25) is 5.91 Å². The maximum atomic E-state index is 12.2. The Morgan fingerprint density at radius 3 is 2.46 bits per heavy atom. The van der Waals surface area contributed by atoms with E-state index in [9.17, 15) is 14.4 Å². The van der Waals surface area contributed by atoms with Crippen molar-refractivity contribution < 1.29 is 19.1 Å². The third-order valence-corrected chi connectivity index (χ3v) is 5.23. The van der Waals surface area contributed by atoms with E-state index in [0.717, 1.165) is 11.3 Å². The minimum Gasteiger partial charge on any atom is -0.376 e. The Kier molecular flexibility index (Phi) is 6.04. The first-order valence-electron chi connectivity index (χ1n) is 9.41. The Balaban J connectivity index is 1.37. The molecule has 0 saturated heterocycles. The van der Waals surface area contributed by atoms with E-state index in [1.807, 2.05) is 0 Å².